The first kappa shape index (κ1) is 12.4. The van der Waals surface area contributed by atoms with E-state index in [0.717, 1.165) is 5.92 Å². The average Bonchev–Trinajstić information content (AvgIpc) is 2.37. The fraction of sp³-hybridized carbons (Fsp3) is 0.867. The predicted octanol–water partition coefficient (Wildman–Crippen LogP) is 5.24. The molecule has 0 saturated heterocycles. The molecule has 0 aromatic heterocycles. The topological polar surface area (TPSA) is 0 Å². The molecule has 0 nitrogen and oxygen atoms in total. The van der Waals surface area contributed by atoms with Crippen LogP contribution in [0.1, 0.15) is 46.0 Å². The molecule has 0 aliphatic heterocycles. The minimum atomic E-state index is -0.902. The lowest BCUT2D eigenvalue weighted by Crippen LogP contribution is -2.33. The van der Waals surface area contributed by atoms with Gasteiger partial charge >= 0.3 is 0 Å². The zero-order valence-corrected chi connectivity index (χ0v) is 12.8. The van der Waals surface area contributed by atoms with E-state index in [0.29, 0.717) is 5.41 Å². The summed E-state index contributed by atoms with van der Waals surface area (Å²) < 4.78 is 0. The van der Waals surface area contributed by atoms with Gasteiger partial charge in [-0.1, -0.05) is 50.2 Å². The molecule has 92 valence electrons. The molecule has 0 heterocycles. The molecule has 1 saturated carbocycles. The fourth-order valence-corrected chi connectivity index (χ4v) is 6.21. The standard InChI is InChI=1S/C15H28Si/c1-12-10-13(11-16(3,4)5)15(2)9-7-6-8-14(12)15/h13H,6-11H2,1-5H3/t13-,15-/m0/s1. The highest BCUT2D eigenvalue weighted by atomic mass is 28.3. The summed E-state index contributed by atoms with van der Waals surface area (Å²) in [5.74, 6) is 0.981. The van der Waals surface area contributed by atoms with Crippen molar-refractivity contribution in [2.24, 2.45) is 11.3 Å². The van der Waals surface area contributed by atoms with Crippen molar-refractivity contribution in [3.05, 3.63) is 11.1 Å². The third kappa shape index (κ3) is 2.16. The summed E-state index contributed by atoms with van der Waals surface area (Å²) in [6.45, 7) is 12.6. The molecule has 0 spiro atoms. The van der Waals surface area contributed by atoms with Gasteiger partial charge in [-0.15, -0.1) is 0 Å². The lowest BCUT2D eigenvalue weighted by Gasteiger charge is -2.40. The van der Waals surface area contributed by atoms with E-state index in [4.69, 9.17) is 0 Å². The summed E-state index contributed by atoms with van der Waals surface area (Å²) >= 11 is 0. The molecule has 0 unspecified atom stereocenters. The molecule has 0 amide bonds. The summed E-state index contributed by atoms with van der Waals surface area (Å²) in [5, 5.41) is 0. The summed E-state index contributed by atoms with van der Waals surface area (Å²) in [6.07, 6.45) is 7.20. The van der Waals surface area contributed by atoms with Gasteiger partial charge in [0.1, 0.15) is 0 Å². The summed E-state index contributed by atoms with van der Waals surface area (Å²) in [6, 6.07) is 1.53. The third-order valence-electron chi connectivity index (χ3n) is 4.89. The molecular formula is C15H28Si. The van der Waals surface area contributed by atoms with Gasteiger partial charge in [0.25, 0.3) is 0 Å². The van der Waals surface area contributed by atoms with Gasteiger partial charge in [0.05, 0.1) is 0 Å². The largest absolute Gasteiger partial charge is 0.0733 e. The maximum atomic E-state index is 2.57. The van der Waals surface area contributed by atoms with E-state index in [9.17, 15) is 0 Å². The first-order valence-corrected chi connectivity index (χ1v) is 10.7. The highest BCUT2D eigenvalue weighted by Crippen LogP contribution is 2.56. The van der Waals surface area contributed by atoms with Gasteiger partial charge in [-0.2, -0.15) is 0 Å². The maximum absolute atomic E-state index is 2.57. The van der Waals surface area contributed by atoms with Crippen LogP contribution in [0.15, 0.2) is 11.1 Å². The number of hydrogen-bond acceptors (Lipinski definition) is 0. The van der Waals surface area contributed by atoms with E-state index in [2.05, 4.69) is 33.5 Å². The Morgan fingerprint density at radius 2 is 1.94 bits per heavy atom. The van der Waals surface area contributed by atoms with Crippen molar-refractivity contribution >= 4 is 8.07 Å². The Hall–Kier alpha value is -0.0431. The summed E-state index contributed by atoms with van der Waals surface area (Å²) in [7, 11) is -0.902. The van der Waals surface area contributed by atoms with Crippen molar-refractivity contribution in [1.82, 2.24) is 0 Å². The quantitative estimate of drug-likeness (QED) is 0.454. The SMILES string of the molecule is CC1=C2CCCC[C@@]2(C)[C@H](C[Si](C)(C)C)C1. The van der Waals surface area contributed by atoms with E-state index >= 15 is 0 Å². The summed E-state index contributed by atoms with van der Waals surface area (Å²) in [4.78, 5) is 0. The molecule has 0 aromatic rings. The van der Waals surface area contributed by atoms with Crippen LogP contribution in [0.4, 0.5) is 0 Å². The van der Waals surface area contributed by atoms with E-state index in [1.165, 1.54) is 38.1 Å². The minimum absolute atomic E-state index is 0.600. The van der Waals surface area contributed by atoms with E-state index < -0.39 is 8.07 Å². The first-order valence-electron chi connectivity index (χ1n) is 7.02. The number of rotatable bonds is 2. The van der Waals surface area contributed by atoms with Crippen LogP contribution in [0, 0.1) is 11.3 Å². The molecular weight excluding hydrogens is 208 g/mol. The second-order valence-corrected chi connectivity index (χ2v) is 13.1. The molecule has 1 heteroatoms. The molecule has 0 radical (unpaired) electrons. The molecule has 0 aromatic carbocycles. The lowest BCUT2D eigenvalue weighted by molar-refractivity contribution is 0.223. The van der Waals surface area contributed by atoms with Crippen molar-refractivity contribution in [2.75, 3.05) is 0 Å². The zero-order valence-electron chi connectivity index (χ0n) is 11.8. The highest BCUT2D eigenvalue weighted by Gasteiger charge is 2.45. The van der Waals surface area contributed by atoms with Crippen molar-refractivity contribution in [3.63, 3.8) is 0 Å². The number of fused-ring (bicyclic) bond motifs is 1. The van der Waals surface area contributed by atoms with Crippen LogP contribution in [-0.4, -0.2) is 8.07 Å². The van der Waals surface area contributed by atoms with Crippen LogP contribution >= 0.6 is 0 Å². The summed E-state index contributed by atoms with van der Waals surface area (Å²) in [5.41, 5.74) is 4.22. The van der Waals surface area contributed by atoms with E-state index in [-0.39, 0.29) is 0 Å². The molecule has 2 rings (SSSR count). The molecule has 2 aliphatic rings. The van der Waals surface area contributed by atoms with Gasteiger partial charge < -0.3 is 0 Å². The molecule has 1 fully saturated rings. The predicted molar refractivity (Wildman–Crippen MR) is 75.5 cm³/mol. The van der Waals surface area contributed by atoms with Crippen molar-refractivity contribution in [3.8, 4) is 0 Å². The fourth-order valence-electron chi connectivity index (χ4n) is 4.14. The third-order valence-corrected chi connectivity index (χ3v) is 6.61. The maximum Gasteiger partial charge on any atom is 0.0445 e. The van der Waals surface area contributed by atoms with E-state index in [1.54, 1.807) is 5.57 Å². The van der Waals surface area contributed by atoms with Crippen LogP contribution in [-0.2, 0) is 0 Å². The van der Waals surface area contributed by atoms with Gasteiger partial charge in [0.2, 0.25) is 0 Å². The zero-order chi connectivity index (χ0) is 12.0. The molecule has 16 heavy (non-hydrogen) atoms. The van der Waals surface area contributed by atoms with Gasteiger partial charge in [-0.05, 0) is 43.9 Å². The molecule has 2 atom stereocenters. The van der Waals surface area contributed by atoms with Crippen molar-refractivity contribution in [2.45, 2.75) is 71.6 Å². The van der Waals surface area contributed by atoms with Gasteiger partial charge in [-0.3, -0.25) is 0 Å². The monoisotopic (exact) mass is 236 g/mol. The second kappa shape index (κ2) is 4.01. The Morgan fingerprint density at radius 1 is 1.25 bits per heavy atom. The lowest BCUT2D eigenvalue weighted by atomic mass is 9.68. The Labute approximate surface area is 103 Å². The van der Waals surface area contributed by atoms with Crippen LogP contribution in [0.25, 0.3) is 0 Å². The average molecular weight is 236 g/mol. The normalized spacial score (nSPS) is 35.4. The number of hydrogen-bond donors (Lipinski definition) is 0. The van der Waals surface area contributed by atoms with Crippen LogP contribution in [0.5, 0.6) is 0 Å². The van der Waals surface area contributed by atoms with Gasteiger partial charge in [0, 0.05) is 8.07 Å². The minimum Gasteiger partial charge on any atom is -0.0733 e. The molecule has 0 bridgehead atoms. The van der Waals surface area contributed by atoms with Gasteiger partial charge in [0.15, 0.2) is 0 Å². The van der Waals surface area contributed by atoms with Crippen LogP contribution in [0.2, 0.25) is 25.7 Å². The Kier molecular flexibility index (Phi) is 3.11. The van der Waals surface area contributed by atoms with E-state index in [1.807, 2.05) is 5.57 Å². The van der Waals surface area contributed by atoms with Gasteiger partial charge in [-0.25, -0.2) is 0 Å². The smallest absolute Gasteiger partial charge is 0.0445 e. The van der Waals surface area contributed by atoms with Crippen molar-refractivity contribution < 1.29 is 0 Å². The Balaban J connectivity index is 2.20. The number of allylic oxidation sites excluding steroid dienone is 2. The molecule has 2 aliphatic carbocycles. The first-order chi connectivity index (χ1) is 7.33. The van der Waals surface area contributed by atoms with Crippen LogP contribution < -0.4 is 0 Å². The molecule has 0 N–H and O–H groups in total. The Morgan fingerprint density at radius 3 is 2.56 bits per heavy atom. The Bertz CT molecular complexity index is 308. The highest BCUT2D eigenvalue weighted by molar-refractivity contribution is 6.76. The second-order valence-electron chi connectivity index (χ2n) is 7.55. The van der Waals surface area contributed by atoms with Crippen molar-refractivity contribution in [1.29, 1.82) is 0 Å². The van der Waals surface area contributed by atoms with Crippen LogP contribution in [0.3, 0.4) is 0 Å².